The molecule has 1 aromatic rings. The van der Waals surface area contributed by atoms with Crippen molar-refractivity contribution in [2.45, 2.75) is 31.8 Å². The molecule has 0 spiro atoms. The van der Waals surface area contributed by atoms with Gasteiger partial charge in [-0.3, -0.25) is 19.2 Å². The summed E-state index contributed by atoms with van der Waals surface area (Å²) >= 11 is 0. The first-order valence-corrected chi connectivity index (χ1v) is 8.88. The molecule has 9 nitrogen and oxygen atoms in total. The van der Waals surface area contributed by atoms with Crippen LogP contribution in [0.5, 0.6) is 0 Å². The molecule has 4 atom stereocenters. The maximum absolute atomic E-state index is 13.3. The number of hydrogen-bond donors (Lipinski definition) is 0. The monoisotopic (exact) mass is 396 g/mol. The van der Waals surface area contributed by atoms with Crippen molar-refractivity contribution in [3.63, 3.8) is 0 Å². The van der Waals surface area contributed by atoms with Gasteiger partial charge in [0.1, 0.15) is 0 Å². The zero-order valence-electron chi connectivity index (χ0n) is 15.5. The largest absolute Gasteiger partial charge is 0.422 e. The lowest BCUT2D eigenvalue weighted by Crippen LogP contribution is -2.52. The summed E-state index contributed by atoms with van der Waals surface area (Å²) in [4.78, 5) is 50.5. The Balaban J connectivity index is 1.73. The Morgan fingerprint density at radius 2 is 1.76 bits per heavy atom. The molecule has 0 radical (unpaired) electrons. The smallest absolute Gasteiger partial charge is 0.305 e. The van der Waals surface area contributed by atoms with Crippen LogP contribution in [-0.2, 0) is 33.4 Å². The first-order chi connectivity index (χ1) is 13.8. The lowest BCUT2D eigenvalue weighted by Gasteiger charge is -2.34. The van der Waals surface area contributed by atoms with Crippen LogP contribution in [0, 0.1) is 23.2 Å². The van der Waals surface area contributed by atoms with Crippen molar-refractivity contribution in [3.8, 4) is 6.07 Å². The first-order valence-electron chi connectivity index (χ1n) is 8.88. The summed E-state index contributed by atoms with van der Waals surface area (Å²) in [6.45, 7) is 2.28. The fourth-order valence-electron chi connectivity index (χ4n) is 4.16. The van der Waals surface area contributed by atoms with E-state index in [1.807, 2.05) is 6.07 Å². The Morgan fingerprint density at radius 1 is 1.14 bits per heavy atom. The van der Waals surface area contributed by atoms with E-state index in [-0.39, 0.29) is 0 Å². The van der Waals surface area contributed by atoms with Gasteiger partial charge in [0.15, 0.2) is 5.60 Å². The predicted octanol–water partition coefficient (Wildman–Crippen LogP) is 0.824. The highest BCUT2D eigenvalue weighted by Crippen LogP contribution is 2.54. The maximum atomic E-state index is 13.3. The molecular weight excluding hydrogens is 380 g/mol. The second-order valence-electron chi connectivity index (χ2n) is 7.02. The molecular formula is C20H16N2O7. The molecule has 2 saturated heterocycles. The topological polar surface area (TPSA) is 123 Å². The Bertz CT molecular complexity index is 977. The molecule has 3 heterocycles. The Morgan fingerprint density at radius 3 is 2.31 bits per heavy atom. The van der Waals surface area contributed by atoms with Crippen LogP contribution < -0.4 is 4.90 Å². The Hall–Kier alpha value is -3.51. The average Bonchev–Trinajstić information content (AvgIpc) is 3.32. The van der Waals surface area contributed by atoms with Crippen LogP contribution in [0.4, 0.5) is 5.69 Å². The van der Waals surface area contributed by atoms with Gasteiger partial charge in [-0.05, 0) is 30.3 Å². The third-order valence-corrected chi connectivity index (χ3v) is 5.25. The minimum atomic E-state index is -1.58. The normalized spacial score (nSPS) is 29.2. The molecule has 0 saturated carbocycles. The van der Waals surface area contributed by atoms with E-state index in [0.717, 1.165) is 18.7 Å². The minimum Gasteiger partial charge on any atom is -0.422 e. The fourth-order valence-corrected chi connectivity index (χ4v) is 4.16. The first kappa shape index (κ1) is 18.8. The summed E-state index contributed by atoms with van der Waals surface area (Å²) in [7, 11) is 0. The van der Waals surface area contributed by atoms with Gasteiger partial charge >= 0.3 is 11.9 Å². The van der Waals surface area contributed by atoms with Gasteiger partial charge in [-0.15, -0.1) is 0 Å². The van der Waals surface area contributed by atoms with Gasteiger partial charge in [-0.2, -0.15) is 5.26 Å². The number of esters is 2. The molecule has 1 aromatic carbocycles. The average molecular weight is 396 g/mol. The molecule has 0 N–H and O–H groups in total. The van der Waals surface area contributed by atoms with Crippen LogP contribution in [0.3, 0.4) is 0 Å². The number of ether oxygens (including phenoxy) is 3. The molecule has 4 rings (SSSR count). The van der Waals surface area contributed by atoms with Crippen LogP contribution in [0.15, 0.2) is 36.4 Å². The zero-order chi connectivity index (χ0) is 20.9. The van der Waals surface area contributed by atoms with Crippen molar-refractivity contribution < 1.29 is 33.4 Å². The van der Waals surface area contributed by atoms with E-state index in [2.05, 4.69) is 0 Å². The molecule has 3 aliphatic heterocycles. The summed E-state index contributed by atoms with van der Waals surface area (Å²) in [5, 5.41) is 8.94. The highest BCUT2D eigenvalue weighted by atomic mass is 16.7. The van der Waals surface area contributed by atoms with E-state index in [4.69, 9.17) is 19.5 Å². The summed E-state index contributed by atoms with van der Waals surface area (Å²) in [6.07, 6.45) is 0.900. The molecule has 0 unspecified atom stereocenters. The summed E-state index contributed by atoms with van der Waals surface area (Å²) in [6, 6.07) is 8.00. The number of nitrogens with zero attached hydrogens (tertiary/aromatic N) is 2. The second kappa shape index (κ2) is 6.53. The van der Waals surface area contributed by atoms with Crippen molar-refractivity contribution in [3.05, 3.63) is 42.0 Å². The summed E-state index contributed by atoms with van der Waals surface area (Å²) in [5.74, 6) is -4.34. The number of carbonyl (C=O) groups is 4. The number of anilines is 1. The Kier molecular flexibility index (Phi) is 4.24. The third kappa shape index (κ3) is 2.72. The number of carbonyl (C=O) groups excluding carboxylic acids is 4. The highest BCUT2D eigenvalue weighted by molar-refractivity contribution is 6.23. The number of benzene rings is 1. The fraction of sp³-hybridized carbons (Fsp3) is 0.350. The van der Waals surface area contributed by atoms with Gasteiger partial charge in [0.25, 0.3) is 6.29 Å². The molecule has 29 heavy (non-hydrogen) atoms. The number of amides is 2. The van der Waals surface area contributed by atoms with Crippen LogP contribution in [-0.4, -0.2) is 41.7 Å². The van der Waals surface area contributed by atoms with Gasteiger partial charge in [0.2, 0.25) is 11.8 Å². The van der Waals surface area contributed by atoms with Crippen LogP contribution in [0.1, 0.15) is 19.4 Å². The van der Waals surface area contributed by atoms with Crippen molar-refractivity contribution in [2.75, 3.05) is 4.90 Å². The third-order valence-electron chi connectivity index (χ3n) is 5.25. The summed E-state index contributed by atoms with van der Waals surface area (Å²) in [5.41, 5.74) is -0.875. The SMILES string of the molecule is CC(=O)OC(OC(C)=O)[C@@]12C=C[C@@H](O1)[C@H]1C(=O)N(c3ccc(C#N)cc3)C(=O)[C@@H]12. The summed E-state index contributed by atoms with van der Waals surface area (Å²) < 4.78 is 16.2. The lowest BCUT2D eigenvalue weighted by atomic mass is 9.76. The predicted molar refractivity (Wildman–Crippen MR) is 94.7 cm³/mol. The van der Waals surface area contributed by atoms with Crippen LogP contribution in [0.2, 0.25) is 0 Å². The molecule has 0 aromatic heterocycles. The van der Waals surface area contributed by atoms with Crippen LogP contribution >= 0.6 is 0 Å². The molecule has 3 aliphatic rings. The lowest BCUT2D eigenvalue weighted by molar-refractivity contribution is -0.226. The van der Waals surface area contributed by atoms with E-state index < -0.39 is 53.6 Å². The standard InChI is InChI=1S/C20H16N2O7/c1-10(23)27-19(28-11(2)24)20-8-7-14(29-20)15-16(20)18(26)22(17(15)25)13-5-3-12(9-21)4-6-13/h3-8,14-16,19H,1-2H3/t14-,15-,16-,20+/m1/s1. The maximum Gasteiger partial charge on any atom is 0.305 e. The quantitative estimate of drug-likeness (QED) is 0.317. The number of nitriles is 1. The van der Waals surface area contributed by atoms with Gasteiger partial charge in [-0.1, -0.05) is 6.08 Å². The van der Waals surface area contributed by atoms with Gasteiger partial charge in [-0.25, -0.2) is 4.90 Å². The van der Waals surface area contributed by atoms with E-state index in [9.17, 15) is 19.2 Å². The number of imide groups is 1. The van der Waals surface area contributed by atoms with Crippen molar-refractivity contribution in [1.29, 1.82) is 5.26 Å². The zero-order valence-corrected chi connectivity index (χ0v) is 15.5. The van der Waals surface area contributed by atoms with Crippen molar-refractivity contribution in [2.24, 2.45) is 11.8 Å². The molecule has 9 heteroatoms. The molecule has 148 valence electrons. The minimum absolute atomic E-state index is 0.319. The Labute approximate surface area is 165 Å². The van der Waals surface area contributed by atoms with Crippen LogP contribution in [0.25, 0.3) is 0 Å². The van der Waals surface area contributed by atoms with E-state index in [0.29, 0.717) is 11.3 Å². The van der Waals surface area contributed by atoms with Crippen molar-refractivity contribution >= 4 is 29.4 Å². The van der Waals surface area contributed by atoms with Crippen molar-refractivity contribution in [1.82, 2.24) is 0 Å². The van der Waals surface area contributed by atoms with Gasteiger partial charge in [0.05, 0.1) is 35.3 Å². The second-order valence-corrected chi connectivity index (χ2v) is 7.02. The number of hydrogen-bond acceptors (Lipinski definition) is 8. The molecule has 0 aliphatic carbocycles. The highest BCUT2D eigenvalue weighted by Gasteiger charge is 2.72. The van der Waals surface area contributed by atoms with E-state index in [1.54, 1.807) is 6.08 Å². The molecule has 2 fully saturated rings. The van der Waals surface area contributed by atoms with E-state index in [1.165, 1.54) is 30.3 Å². The van der Waals surface area contributed by atoms with Gasteiger partial charge in [0, 0.05) is 13.8 Å². The molecule has 2 amide bonds. The molecule has 2 bridgehead atoms. The number of fused-ring (bicyclic) bond motifs is 5. The van der Waals surface area contributed by atoms with E-state index >= 15 is 0 Å². The van der Waals surface area contributed by atoms with Gasteiger partial charge < -0.3 is 14.2 Å². The number of rotatable bonds is 4.